The summed E-state index contributed by atoms with van der Waals surface area (Å²) in [4.78, 5) is 6.28. The van der Waals surface area contributed by atoms with E-state index in [9.17, 15) is 8.42 Å². The number of rotatable bonds is 6. The maximum absolute atomic E-state index is 12.7. The molecule has 0 radical (unpaired) electrons. The first kappa shape index (κ1) is 20.0. The minimum absolute atomic E-state index is 0.223. The predicted octanol–water partition coefficient (Wildman–Crippen LogP) is 2.05. The highest BCUT2D eigenvalue weighted by Crippen LogP contribution is 2.20. The second-order valence-electron chi connectivity index (χ2n) is 6.68. The monoisotopic (exact) mass is 434 g/mol. The number of hydrogen-bond donors (Lipinski definition) is 0. The van der Waals surface area contributed by atoms with Crippen molar-refractivity contribution in [2.45, 2.75) is 25.0 Å². The Hall–Kier alpha value is -2.34. The summed E-state index contributed by atoms with van der Waals surface area (Å²) in [5.41, 5.74) is 0. The molecule has 0 unspecified atom stereocenters. The van der Waals surface area contributed by atoms with Gasteiger partial charge in [0, 0.05) is 45.1 Å². The Bertz CT molecular complexity index is 1110. The lowest BCUT2D eigenvalue weighted by atomic mass is 10.4. The number of aromatic nitrogens is 4. The Morgan fingerprint density at radius 3 is 2.59 bits per heavy atom. The van der Waals surface area contributed by atoms with Crippen LogP contribution in [-0.2, 0) is 23.2 Å². The van der Waals surface area contributed by atoms with Crippen LogP contribution in [0.3, 0.4) is 0 Å². The number of furan rings is 1. The van der Waals surface area contributed by atoms with Crippen molar-refractivity contribution in [3.8, 4) is 11.6 Å². The molecule has 0 aromatic carbocycles. The Morgan fingerprint density at radius 2 is 1.97 bits per heavy atom. The van der Waals surface area contributed by atoms with Gasteiger partial charge in [-0.15, -0.1) is 5.10 Å². The van der Waals surface area contributed by atoms with Crippen molar-refractivity contribution in [1.29, 1.82) is 0 Å². The summed E-state index contributed by atoms with van der Waals surface area (Å²) in [5, 5.41) is 4.63. The van der Waals surface area contributed by atoms with Crippen LogP contribution in [0.25, 0.3) is 11.6 Å². The van der Waals surface area contributed by atoms with Gasteiger partial charge in [-0.25, -0.2) is 13.1 Å². The van der Waals surface area contributed by atoms with Crippen molar-refractivity contribution in [3.63, 3.8) is 0 Å². The zero-order valence-corrected chi connectivity index (χ0v) is 17.6. The fourth-order valence-corrected chi connectivity index (χ4v) is 5.06. The average Bonchev–Trinajstić information content (AvgIpc) is 3.37. The topological polar surface area (TPSA) is 89.4 Å². The lowest BCUT2D eigenvalue weighted by Gasteiger charge is -2.33. The van der Waals surface area contributed by atoms with E-state index in [1.807, 2.05) is 23.6 Å². The molecule has 154 valence electrons. The molecule has 0 amide bonds. The number of sulfonamides is 1. The zero-order chi connectivity index (χ0) is 20.4. The number of pyridine rings is 1. The molecular weight excluding hydrogens is 412 g/mol. The molecule has 1 aliphatic heterocycles. The Morgan fingerprint density at radius 1 is 1.17 bits per heavy atom. The standard InChI is InChI=1S/C18H22N6O3S2/c1-2-23-17(16-6-4-12-27-16)20-24(18(23)28)14-21-8-10-22(11-9-21)29(25,26)15-5-3-7-19-13-15/h3-7,12-13H,2,8-11,14H2,1H3. The Labute approximate surface area is 174 Å². The molecule has 1 aliphatic rings. The van der Waals surface area contributed by atoms with Gasteiger partial charge in [0.25, 0.3) is 0 Å². The van der Waals surface area contributed by atoms with Crippen LogP contribution in [0.15, 0.2) is 52.2 Å². The number of piperazine rings is 1. The summed E-state index contributed by atoms with van der Waals surface area (Å²) in [5.74, 6) is 1.37. The summed E-state index contributed by atoms with van der Waals surface area (Å²) in [6.45, 7) is 5.20. The zero-order valence-electron chi connectivity index (χ0n) is 16.0. The second kappa shape index (κ2) is 8.19. The van der Waals surface area contributed by atoms with Crippen molar-refractivity contribution < 1.29 is 12.8 Å². The van der Waals surface area contributed by atoms with Crippen LogP contribution in [0, 0.1) is 4.77 Å². The van der Waals surface area contributed by atoms with Crippen LogP contribution in [0.1, 0.15) is 6.92 Å². The lowest BCUT2D eigenvalue weighted by Crippen LogP contribution is -2.48. The van der Waals surface area contributed by atoms with Gasteiger partial charge in [-0.05, 0) is 43.4 Å². The molecule has 0 aliphatic carbocycles. The van der Waals surface area contributed by atoms with Crippen LogP contribution in [-0.4, -0.2) is 63.1 Å². The minimum Gasteiger partial charge on any atom is -0.461 e. The van der Waals surface area contributed by atoms with Gasteiger partial charge in [-0.1, -0.05) is 0 Å². The third kappa shape index (κ3) is 3.90. The third-order valence-corrected chi connectivity index (χ3v) is 7.23. The van der Waals surface area contributed by atoms with Crippen molar-refractivity contribution in [2.24, 2.45) is 0 Å². The highest BCUT2D eigenvalue weighted by molar-refractivity contribution is 7.89. The van der Waals surface area contributed by atoms with Crippen LogP contribution in [0.5, 0.6) is 0 Å². The number of nitrogens with zero attached hydrogens (tertiary/aromatic N) is 6. The molecule has 1 saturated heterocycles. The SMILES string of the molecule is CCn1c(-c2ccco2)nn(CN2CCN(S(=O)(=O)c3cccnc3)CC2)c1=S. The van der Waals surface area contributed by atoms with Gasteiger partial charge in [-0.3, -0.25) is 14.5 Å². The summed E-state index contributed by atoms with van der Waals surface area (Å²) in [6.07, 6.45) is 4.56. The summed E-state index contributed by atoms with van der Waals surface area (Å²) in [6, 6.07) is 6.88. The summed E-state index contributed by atoms with van der Waals surface area (Å²) < 4.78 is 36.8. The first-order chi connectivity index (χ1) is 14.0. The first-order valence-corrected chi connectivity index (χ1v) is 11.2. The quantitative estimate of drug-likeness (QED) is 0.549. The van der Waals surface area contributed by atoms with Crippen LogP contribution >= 0.6 is 12.2 Å². The van der Waals surface area contributed by atoms with Crippen LogP contribution < -0.4 is 0 Å². The highest BCUT2D eigenvalue weighted by atomic mass is 32.2. The molecule has 3 aromatic heterocycles. The van der Waals surface area contributed by atoms with E-state index in [2.05, 4.69) is 15.0 Å². The van der Waals surface area contributed by atoms with E-state index in [0.717, 1.165) is 0 Å². The van der Waals surface area contributed by atoms with Gasteiger partial charge >= 0.3 is 0 Å². The van der Waals surface area contributed by atoms with E-state index < -0.39 is 10.0 Å². The van der Waals surface area contributed by atoms with E-state index in [1.165, 1.54) is 10.5 Å². The molecule has 4 heterocycles. The first-order valence-electron chi connectivity index (χ1n) is 9.34. The lowest BCUT2D eigenvalue weighted by molar-refractivity contribution is 0.144. The molecule has 0 spiro atoms. The Balaban J connectivity index is 1.46. The fraction of sp³-hybridized carbons (Fsp3) is 0.389. The molecule has 3 aromatic rings. The molecule has 11 heteroatoms. The van der Waals surface area contributed by atoms with Gasteiger partial charge in [0.05, 0.1) is 12.9 Å². The van der Waals surface area contributed by atoms with Gasteiger partial charge in [0.15, 0.2) is 16.4 Å². The second-order valence-corrected chi connectivity index (χ2v) is 8.98. The summed E-state index contributed by atoms with van der Waals surface area (Å²) >= 11 is 5.58. The molecule has 9 nitrogen and oxygen atoms in total. The predicted molar refractivity (Wildman–Crippen MR) is 109 cm³/mol. The van der Waals surface area contributed by atoms with E-state index >= 15 is 0 Å². The molecule has 0 atom stereocenters. The fourth-order valence-electron chi connectivity index (χ4n) is 3.36. The van der Waals surface area contributed by atoms with E-state index in [4.69, 9.17) is 16.6 Å². The van der Waals surface area contributed by atoms with Crippen LogP contribution in [0.4, 0.5) is 0 Å². The molecule has 1 fully saturated rings. The van der Waals surface area contributed by atoms with Gasteiger partial charge in [0.1, 0.15) is 4.90 Å². The molecule has 29 heavy (non-hydrogen) atoms. The normalized spacial score (nSPS) is 16.3. The van der Waals surface area contributed by atoms with E-state index in [-0.39, 0.29) is 4.90 Å². The number of hydrogen-bond acceptors (Lipinski definition) is 7. The summed E-state index contributed by atoms with van der Waals surface area (Å²) in [7, 11) is -3.52. The maximum atomic E-state index is 12.7. The van der Waals surface area contributed by atoms with Crippen molar-refractivity contribution in [1.82, 2.24) is 28.5 Å². The molecular formula is C18H22N6O3S2. The Kier molecular flexibility index (Phi) is 5.63. The van der Waals surface area contributed by atoms with Crippen LogP contribution in [0.2, 0.25) is 0 Å². The van der Waals surface area contributed by atoms with Gasteiger partial charge < -0.3 is 4.42 Å². The molecule has 0 N–H and O–H groups in total. The largest absolute Gasteiger partial charge is 0.461 e. The smallest absolute Gasteiger partial charge is 0.244 e. The van der Waals surface area contributed by atoms with E-state index in [0.29, 0.717) is 55.7 Å². The van der Waals surface area contributed by atoms with Crippen molar-refractivity contribution >= 4 is 22.2 Å². The van der Waals surface area contributed by atoms with Crippen molar-refractivity contribution in [2.75, 3.05) is 26.2 Å². The van der Waals surface area contributed by atoms with E-state index in [1.54, 1.807) is 29.3 Å². The van der Waals surface area contributed by atoms with Gasteiger partial charge in [0.2, 0.25) is 10.0 Å². The average molecular weight is 435 g/mol. The minimum atomic E-state index is -3.52. The molecule has 0 bridgehead atoms. The highest BCUT2D eigenvalue weighted by Gasteiger charge is 2.29. The molecule has 4 rings (SSSR count). The third-order valence-electron chi connectivity index (χ3n) is 4.92. The maximum Gasteiger partial charge on any atom is 0.244 e. The van der Waals surface area contributed by atoms with Crippen molar-refractivity contribution in [3.05, 3.63) is 47.7 Å². The molecule has 0 saturated carbocycles. The van der Waals surface area contributed by atoms with Gasteiger partial charge in [-0.2, -0.15) is 4.31 Å².